The quantitative estimate of drug-likeness (QED) is 0.242. The minimum absolute atomic E-state index is 0.122. The molecule has 8 heteroatoms. The maximum atomic E-state index is 12.7. The van der Waals surface area contributed by atoms with Crippen molar-refractivity contribution in [1.82, 2.24) is 19.8 Å². The topological polar surface area (TPSA) is 73.4 Å². The molecule has 0 saturated carbocycles. The zero-order valence-electron chi connectivity index (χ0n) is 23.3. The van der Waals surface area contributed by atoms with E-state index in [4.69, 9.17) is 4.98 Å². The number of anilines is 2. The van der Waals surface area contributed by atoms with Crippen molar-refractivity contribution in [3.8, 4) is 11.3 Å². The van der Waals surface area contributed by atoms with Crippen molar-refractivity contribution < 1.29 is 4.79 Å². The molecule has 1 aliphatic heterocycles. The van der Waals surface area contributed by atoms with Crippen molar-refractivity contribution in [1.29, 1.82) is 0 Å². The molecular weight excluding hydrogens is 576 g/mol. The summed E-state index contributed by atoms with van der Waals surface area (Å²) in [7, 11) is 2.19. The Morgan fingerprint density at radius 2 is 1.73 bits per heavy atom. The molecule has 0 spiro atoms. The molecule has 1 atom stereocenters. The highest BCUT2D eigenvalue weighted by atomic mass is 79.9. The van der Waals surface area contributed by atoms with E-state index >= 15 is 0 Å². The lowest BCUT2D eigenvalue weighted by atomic mass is 9.78. The van der Waals surface area contributed by atoms with Crippen LogP contribution in [0, 0.1) is 0 Å². The van der Waals surface area contributed by atoms with E-state index in [1.165, 1.54) is 11.1 Å². The molecular formula is C33H35BrN6O. The van der Waals surface area contributed by atoms with Crippen molar-refractivity contribution in [2.45, 2.75) is 18.8 Å². The number of likely N-dealkylation sites (N-methyl/N-ethyl adjacent to an activating group) is 1. The average molecular weight is 612 g/mol. The molecule has 3 aromatic carbocycles. The van der Waals surface area contributed by atoms with Gasteiger partial charge in [0.15, 0.2) is 0 Å². The second kappa shape index (κ2) is 12.5. The Labute approximate surface area is 250 Å². The summed E-state index contributed by atoms with van der Waals surface area (Å²) in [5.41, 5.74) is 7.21. The van der Waals surface area contributed by atoms with Gasteiger partial charge in [0.25, 0.3) is 5.91 Å². The van der Waals surface area contributed by atoms with Crippen molar-refractivity contribution in [3.63, 3.8) is 0 Å². The van der Waals surface area contributed by atoms with Crippen LogP contribution < -0.4 is 10.6 Å². The van der Waals surface area contributed by atoms with Gasteiger partial charge in [0.05, 0.1) is 5.69 Å². The third-order valence-corrected chi connectivity index (χ3v) is 8.62. The second-order valence-electron chi connectivity index (χ2n) is 10.9. The fourth-order valence-electron chi connectivity index (χ4n) is 5.70. The molecule has 210 valence electrons. The number of benzene rings is 3. The minimum Gasteiger partial charge on any atom is -0.354 e. The van der Waals surface area contributed by atoms with Gasteiger partial charge < -0.3 is 20.4 Å². The summed E-state index contributed by atoms with van der Waals surface area (Å²) in [4.78, 5) is 27.2. The summed E-state index contributed by atoms with van der Waals surface area (Å²) in [5, 5.41) is 6.46. The van der Waals surface area contributed by atoms with Gasteiger partial charge in [-0.15, -0.1) is 0 Å². The fraction of sp³-hybridized carbons (Fsp3) is 0.303. The number of hydrogen-bond acceptors (Lipinski definition) is 6. The van der Waals surface area contributed by atoms with E-state index in [-0.39, 0.29) is 11.8 Å². The summed E-state index contributed by atoms with van der Waals surface area (Å²) in [6.07, 6.45) is 3.89. The van der Waals surface area contributed by atoms with E-state index in [2.05, 4.69) is 84.8 Å². The van der Waals surface area contributed by atoms with Gasteiger partial charge in [0.2, 0.25) is 5.95 Å². The largest absolute Gasteiger partial charge is 0.354 e. The lowest BCUT2D eigenvalue weighted by molar-refractivity contribution is 0.102. The van der Waals surface area contributed by atoms with Crippen molar-refractivity contribution in [3.05, 3.63) is 106 Å². The van der Waals surface area contributed by atoms with Gasteiger partial charge in [-0.1, -0.05) is 52.3 Å². The van der Waals surface area contributed by atoms with Crippen molar-refractivity contribution >= 4 is 33.5 Å². The highest BCUT2D eigenvalue weighted by molar-refractivity contribution is 9.10. The number of carbonyl (C=O) groups is 1. The number of nitrogens with zero attached hydrogens (tertiary/aromatic N) is 4. The van der Waals surface area contributed by atoms with Crippen LogP contribution >= 0.6 is 15.9 Å². The fourth-order valence-corrected chi connectivity index (χ4v) is 5.96. The van der Waals surface area contributed by atoms with Crippen LogP contribution in [0.3, 0.4) is 0 Å². The van der Waals surface area contributed by atoms with Gasteiger partial charge in [-0.2, -0.15) is 0 Å². The van der Waals surface area contributed by atoms with E-state index in [9.17, 15) is 4.79 Å². The first-order valence-corrected chi connectivity index (χ1v) is 15.1. The lowest BCUT2D eigenvalue weighted by Gasteiger charge is -2.32. The Kier molecular flexibility index (Phi) is 8.41. The number of piperazine rings is 1. The maximum absolute atomic E-state index is 12.7. The molecule has 2 heterocycles. The molecule has 1 fully saturated rings. The molecule has 7 nitrogen and oxygen atoms in total. The van der Waals surface area contributed by atoms with Gasteiger partial charge in [-0.25, -0.2) is 9.97 Å². The third-order valence-electron chi connectivity index (χ3n) is 8.09. The highest BCUT2D eigenvalue weighted by Crippen LogP contribution is 2.42. The average Bonchev–Trinajstić information content (AvgIpc) is 3.00. The number of fused-ring (bicyclic) bond motifs is 3. The van der Waals surface area contributed by atoms with Gasteiger partial charge in [0, 0.05) is 66.1 Å². The number of carbonyl (C=O) groups excluding carboxylic acids is 1. The van der Waals surface area contributed by atoms with Crippen LogP contribution in [0.25, 0.3) is 11.3 Å². The number of hydrogen-bond donors (Lipinski definition) is 2. The first kappa shape index (κ1) is 27.6. The first-order valence-electron chi connectivity index (χ1n) is 14.3. The Hall–Kier alpha value is -3.59. The Morgan fingerprint density at radius 1 is 0.976 bits per heavy atom. The predicted octanol–water partition coefficient (Wildman–Crippen LogP) is 5.90. The smallest absolute Gasteiger partial charge is 0.255 e. The number of rotatable bonds is 8. The maximum Gasteiger partial charge on any atom is 0.255 e. The molecule has 2 aliphatic rings. The van der Waals surface area contributed by atoms with Crippen molar-refractivity contribution in [2.24, 2.45) is 0 Å². The van der Waals surface area contributed by atoms with Crippen LogP contribution in [0.4, 0.5) is 11.6 Å². The van der Waals surface area contributed by atoms with E-state index in [0.717, 1.165) is 79.1 Å². The molecule has 0 bridgehead atoms. The number of amides is 1. The van der Waals surface area contributed by atoms with Crippen LogP contribution in [0.1, 0.15) is 39.4 Å². The second-order valence-corrected chi connectivity index (χ2v) is 11.8. The van der Waals surface area contributed by atoms with E-state index in [0.29, 0.717) is 11.5 Å². The minimum atomic E-state index is -0.122. The van der Waals surface area contributed by atoms with E-state index < -0.39 is 0 Å². The number of aromatic nitrogens is 2. The van der Waals surface area contributed by atoms with Gasteiger partial charge in [0.1, 0.15) is 0 Å². The first-order chi connectivity index (χ1) is 20.0. The van der Waals surface area contributed by atoms with Gasteiger partial charge >= 0.3 is 0 Å². The Bertz CT molecular complexity index is 1500. The predicted molar refractivity (Wildman–Crippen MR) is 169 cm³/mol. The van der Waals surface area contributed by atoms with Crippen LogP contribution in [0.15, 0.2) is 83.5 Å². The van der Waals surface area contributed by atoms with E-state index in [1.54, 1.807) is 0 Å². The van der Waals surface area contributed by atoms with Crippen LogP contribution in [-0.2, 0) is 6.42 Å². The highest BCUT2D eigenvalue weighted by Gasteiger charge is 2.27. The lowest BCUT2D eigenvalue weighted by Crippen LogP contribution is -2.44. The molecule has 4 aromatic rings. The summed E-state index contributed by atoms with van der Waals surface area (Å²) in [5.74, 6) is 0.769. The molecule has 2 N–H and O–H groups in total. The number of halogens is 1. The molecule has 6 rings (SSSR count). The van der Waals surface area contributed by atoms with Gasteiger partial charge in [-0.05, 0) is 79.5 Å². The molecule has 1 unspecified atom stereocenters. The molecule has 41 heavy (non-hydrogen) atoms. The molecule has 1 aliphatic carbocycles. The standard InChI is InChI=1S/C33H35BrN6O/c1-39-17-19-40(20-18-39)16-4-15-35-33-36-22-25-21-30(28-5-2-3-6-29(28)31(25)38-33)23-9-13-27(14-10-23)37-32(41)24-7-11-26(34)12-8-24/h2-3,5-14,22,30H,4,15-21H2,1H3,(H,37,41)(H,35,36,38). The molecule has 1 aromatic heterocycles. The Morgan fingerprint density at radius 3 is 2.51 bits per heavy atom. The van der Waals surface area contributed by atoms with E-state index in [1.807, 2.05) is 42.6 Å². The zero-order valence-corrected chi connectivity index (χ0v) is 24.9. The normalized spacial score (nSPS) is 17.0. The van der Waals surface area contributed by atoms with Crippen LogP contribution in [-0.4, -0.2) is 72.0 Å². The summed E-state index contributed by atoms with van der Waals surface area (Å²) < 4.78 is 0.947. The summed E-state index contributed by atoms with van der Waals surface area (Å²) in [6.45, 7) is 6.55. The molecule has 1 amide bonds. The van der Waals surface area contributed by atoms with Crippen LogP contribution in [0.5, 0.6) is 0 Å². The summed E-state index contributed by atoms with van der Waals surface area (Å²) in [6, 6.07) is 24.1. The monoisotopic (exact) mass is 610 g/mol. The SMILES string of the molecule is CN1CCN(CCCNc2ncc3c(n2)-c2ccccc2C(c2ccc(NC(=O)c4ccc(Br)cc4)cc2)C3)CC1. The zero-order chi connectivity index (χ0) is 28.2. The number of nitrogens with one attached hydrogen (secondary N) is 2. The molecule has 0 radical (unpaired) electrons. The third kappa shape index (κ3) is 6.50. The van der Waals surface area contributed by atoms with Gasteiger partial charge in [-0.3, -0.25) is 4.79 Å². The van der Waals surface area contributed by atoms with Crippen molar-refractivity contribution in [2.75, 3.05) is 56.9 Å². The van der Waals surface area contributed by atoms with Crippen LogP contribution in [0.2, 0.25) is 0 Å². The Balaban J connectivity index is 1.12. The molecule has 1 saturated heterocycles. The summed E-state index contributed by atoms with van der Waals surface area (Å²) >= 11 is 3.41.